The molecule has 5 rings (SSSR count). The Labute approximate surface area is 170 Å². The second-order valence-corrected chi connectivity index (χ2v) is 9.50. The summed E-state index contributed by atoms with van der Waals surface area (Å²) >= 11 is 0. The summed E-state index contributed by atoms with van der Waals surface area (Å²) in [7, 11) is 0. The van der Waals surface area contributed by atoms with Gasteiger partial charge in [0.05, 0.1) is 11.2 Å². The van der Waals surface area contributed by atoms with Gasteiger partial charge in [-0.05, 0) is 43.9 Å². The highest BCUT2D eigenvalue weighted by atomic mass is 16.1. The van der Waals surface area contributed by atoms with Crippen molar-refractivity contribution in [3.8, 4) is 0 Å². The zero-order valence-electron chi connectivity index (χ0n) is 17.3. The van der Waals surface area contributed by atoms with Crippen molar-refractivity contribution in [2.24, 2.45) is 0 Å². The van der Waals surface area contributed by atoms with Gasteiger partial charge < -0.3 is 9.88 Å². The summed E-state index contributed by atoms with van der Waals surface area (Å²) in [5, 5.41) is 1.08. The second kappa shape index (κ2) is 6.37. The zero-order chi connectivity index (χ0) is 20.2. The fourth-order valence-corrected chi connectivity index (χ4v) is 4.96. The minimum Gasteiger partial charge on any atom is -0.355 e. The van der Waals surface area contributed by atoms with Crippen LogP contribution in [-0.2, 0) is 17.3 Å². The number of anilines is 1. The third-order valence-corrected chi connectivity index (χ3v) is 6.47. The lowest BCUT2D eigenvalue weighted by atomic mass is 9.77. The second-order valence-electron chi connectivity index (χ2n) is 9.50. The van der Waals surface area contributed by atoms with Crippen LogP contribution in [0, 0.1) is 0 Å². The number of hydrogen-bond acceptors (Lipinski definition) is 5. The summed E-state index contributed by atoms with van der Waals surface area (Å²) in [6.45, 7) is 8.10. The first-order valence-corrected chi connectivity index (χ1v) is 10.5. The normalized spacial score (nSPS) is 21.7. The molecule has 4 heterocycles. The quantitative estimate of drug-likeness (QED) is 0.689. The molecule has 0 radical (unpaired) electrons. The van der Waals surface area contributed by atoms with Gasteiger partial charge in [0.1, 0.15) is 11.6 Å². The lowest BCUT2D eigenvalue weighted by molar-refractivity contribution is 0.331. The molecule has 0 bridgehead atoms. The van der Waals surface area contributed by atoms with E-state index in [1.807, 2.05) is 24.5 Å². The van der Waals surface area contributed by atoms with Gasteiger partial charge in [-0.15, -0.1) is 0 Å². The summed E-state index contributed by atoms with van der Waals surface area (Å²) < 4.78 is 0. The van der Waals surface area contributed by atoms with Crippen LogP contribution in [0.15, 0.2) is 35.4 Å². The Hall–Kier alpha value is -2.76. The predicted molar refractivity (Wildman–Crippen MR) is 115 cm³/mol. The minimum absolute atomic E-state index is 0.0430. The van der Waals surface area contributed by atoms with Gasteiger partial charge in [0, 0.05) is 47.3 Å². The number of piperidine rings is 1. The molecule has 0 saturated carbocycles. The summed E-state index contributed by atoms with van der Waals surface area (Å²) in [5.41, 5.74) is 2.65. The molecule has 1 unspecified atom stereocenters. The number of hydrogen-bond donors (Lipinski definition) is 1. The SMILES string of the molecule is CC(C)(C)c1nc2c(c(=O)[nH]1)CCC21CCCN(c2nccc3ncccc23)C1. The van der Waals surface area contributed by atoms with E-state index in [0.717, 1.165) is 72.6 Å². The average molecular weight is 390 g/mol. The molecule has 1 aliphatic carbocycles. The molecule has 2 aliphatic rings. The van der Waals surface area contributed by atoms with Crippen molar-refractivity contribution in [1.82, 2.24) is 19.9 Å². The fraction of sp³-hybridized carbons (Fsp3) is 0.478. The van der Waals surface area contributed by atoms with Crippen LogP contribution in [0.1, 0.15) is 57.1 Å². The van der Waals surface area contributed by atoms with Gasteiger partial charge >= 0.3 is 0 Å². The average Bonchev–Trinajstić information content (AvgIpc) is 3.05. The van der Waals surface area contributed by atoms with E-state index in [4.69, 9.17) is 9.97 Å². The van der Waals surface area contributed by atoms with Gasteiger partial charge in [-0.25, -0.2) is 9.97 Å². The minimum atomic E-state index is -0.185. The summed E-state index contributed by atoms with van der Waals surface area (Å²) in [6, 6.07) is 6.02. The van der Waals surface area contributed by atoms with E-state index in [0.29, 0.717) is 0 Å². The van der Waals surface area contributed by atoms with Crippen molar-refractivity contribution in [2.75, 3.05) is 18.0 Å². The molecule has 1 spiro atoms. The first-order chi connectivity index (χ1) is 13.9. The van der Waals surface area contributed by atoms with Crippen LogP contribution < -0.4 is 10.5 Å². The highest BCUT2D eigenvalue weighted by Gasteiger charge is 2.45. The first kappa shape index (κ1) is 18.3. The molecular weight excluding hydrogens is 362 g/mol. The van der Waals surface area contributed by atoms with E-state index in [-0.39, 0.29) is 16.4 Å². The molecular formula is C23H27N5O. The number of aromatic nitrogens is 4. The van der Waals surface area contributed by atoms with E-state index < -0.39 is 0 Å². The van der Waals surface area contributed by atoms with Crippen LogP contribution in [0.3, 0.4) is 0 Å². The largest absolute Gasteiger partial charge is 0.355 e. The lowest BCUT2D eigenvalue weighted by Gasteiger charge is -2.41. The monoisotopic (exact) mass is 389 g/mol. The molecule has 6 nitrogen and oxygen atoms in total. The van der Waals surface area contributed by atoms with Crippen molar-refractivity contribution in [1.29, 1.82) is 0 Å². The molecule has 1 N–H and O–H groups in total. The molecule has 3 aromatic rings. The zero-order valence-corrected chi connectivity index (χ0v) is 17.3. The first-order valence-electron chi connectivity index (χ1n) is 10.5. The third-order valence-electron chi connectivity index (χ3n) is 6.47. The molecule has 6 heteroatoms. The van der Waals surface area contributed by atoms with Crippen LogP contribution in [0.2, 0.25) is 0 Å². The molecule has 3 aromatic heterocycles. The maximum absolute atomic E-state index is 12.8. The number of fused-ring (bicyclic) bond motifs is 3. The predicted octanol–water partition coefficient (Wildman–Crippen LogP) is 3.50. The molecule has 1 fully saturated rings. The van der Waals surface area contributed by atoms with Crippen LogP contribution in [-0.4, -0.2) is 33.0 Å². The summed E-state index contributed by atoms with van der Waals surface area (Å²) in [4.78, 5) is 32.5. The maximum Gasteiger partial charge on any atom is 0.254 e. The van der Waals surface area contributed by atoms with Gasteiger partial charge in [0.2, 0.25) is 0 Å². The van der Waals surface area contributed by atoms with E-state index in [2.05, 4.69) is 41.7 Å². The number of nitrogens with one attached hydrogen (secondary N) is 1. The number of H-pyrrole nitrogens is 1. The van der Waals surface area contributed by atoms with E-state index >= 15 is 0 Å². The summed E-state index contributed by atoms with van der Waals surface area (Å²) in [5.74, 6) is 1.77. The molecule has 150 valence electrons. The summed E-state index contributed by atoms with van der Waals surface area (Å²) in [6.07, 6.45) is 7.58. The van der Waals surface area contributed by atoms with E-state index in [1.165, 1.54) is 0 Å². The topological polar surface area (TPSA) is 74.8 Å². The van der Waals surface area contributed by atoms with Gasteiger partial charge in [0.25, 0.3) is 5.56 Å². The Bertz CT molecular complexity index is 1140. The Morgan fingerprint density at radius 1 is 1.14 bits per heavy atom. The van der Waals surface area contributed by atoms with Crippen LogP contribution in [0.5, 0.6) is 0 Å². The molecule has 29 heavy (non-hydrogen) atoms. The van der Waals surface area contributed by atoms with Crippen LogP contribution in [0.4, 0.5) is 5.82 Å². The molecule has 1 atom stereocenters. The smallest absolute Gasteiger partial charge is 0.254 e. The van der Waals surface area contributed by atoms with Crippen molar-refractivity contribution in [2.45, 2.75) is 57.3 Å². The van der Waals surface area contributed by atoms with E-state index in [1.54, 1.807) is 0 Å². The standard InChI is InChI=1S/C23H27N5O/c1-22(2,3)21-26-18-16(20(29)27-21)7-10-23(18)9-5-13-28(14-23)19-15-6-4-11-24-17(15)8-12-25-19/h4,6,8,11-12H,5,7,9-10,13-14H2,1-3H3,(H,26,27,29). The van der Waals surface area contributed by atoms with Gasteiger partial charge in [-0.2, -0.15) is 0 Å². The number of pyridine rings is 2. The Morgan fingerprint density at radius 3 is 2.83 bits per heavy atom. The van der Waals surface area contributed by atoms with Crippen LogP contribution >= 0.6 is 0 Å². The van der Waals surface area contributed by atoms with E-state index in [9.17, 15) is 4.79 Å². The number of aromatic amines is 1. The van der Waals surface area contributed by atoms with Crippen molar-refractivity contribution in [3.63, 3.8) is 0 Å². The van der Waals surface area contributed by atoms with Crippen LogP contribution in [0.25, 0.3) is 10.9 Å². The van der Waals surface area contributed by atoms with Crippen molar-refractivity contribution < 1.29 is 0 Å². The molecule has 0 aromatic carbocycles. The molecule has 0 amide bonds. The van der Waals surface area contributed by atoms with Gasteiger partial charge in [-0.1, -0.05) is 20.8 Å². The maximum atomic E-state index is 12.8. The highest BCUT2D eigenvalue weighted by Crippen LogP contribution is 2.44. The molecule has 1 saturated heterocycles. The fourth-order valence-electron chi connectivity index (χ4n) is 4.96. The number of rotatable bonds is 1. The Balaban J connectivity index is 1.59. The molecule has 1 aliphatic heterocycles. The van der Waals surface area contributed by atoms with Crippen molar-refractivity contribution >= 4 is 16.7 Å². The lowest BCUT2D eigenvalue weighted by Crippen LogP contribution is -2.46. The Morgan fingerprint density at radius 2 is 2.00 bits per heavy atom. The number of nitrogens with zero attached hydrogens (tertiary/aromatic N) is 4. The van der Waals surface area contributed by atoms with Gasteiger partial charge in [-0.3, -0.25) is 9.78 Å². The Kier molecular flexibility index (Phi) is 4.02. The van der Waals surface area contributed by atoms with Crippen molar-refractivity contribution in [3.05, 3.63) is 58.0 Å². The highest BCUT2D eigenvalue weighted by molar-refractivity contribution is 5.89. The third kappa shape index (κ3) is 2.93. The van der Waals surface area contributed by atoms with Gasteiger partial charge in [0.15, 0.2) is 0 Å².